The van der Waals surface area contributed by atoms with Gasteiger partial charge in [-0.05, 0) is 49.6 Å². The molecule has 2 N–H and O–H groups in total. The SMILES string of the molecule is Cc1ccc(S(=O)(=O)NCCC(=O)NCCc2cccc(F)c2)c(C)c1. The summed E-state index contributed by atoms with van der Waals surface area (Å²) in [7, 11) is -3.64. The molecule has 26 heavy (non-hydrogen) atoms. The van der Waals surface area contributed by atoms with Crippen molar-refractivity contribution in [1.82, 2.24) is 10.0 Å². The van der Waals surface area contributed by atoms with Crippen molar-refractivity contribution in [3.05, 3.63) is 65.0 Å². The Labute approximate surface area is 153 Å². The Morgan fingerprint density at radius 2 is 1.85 bits per heavy atom. The van der Waals surface area contributed by atoms with Gasteiger partial charge in [-0.2, -0.15) is 0 Å². The summed E-state index contributed by atoms with van der Waals surface area (Å²) >= 11 is 0. The molecule has 0 spiro atoms. The van der Waals surface area contributed by atoms with Gasteiger partial charge in [0.05, 0.1) is 4.90 Å². The molecule has 5 nitrogen and oxygen atoms in total. The number of rotatable bonds is 8. The fraction of sp³-hybridized carbons (Fsp3) is 0.316. The highest BCUT2D eigenvalue weighted by atomic mass is 32.2. The maximum Gasteiger partial charge on any atom is 0.240 e. The van der Waals surface area contributed by atoms with E-state index in [2.05, 4.69) is 10.0 Å². The summed E-state index contributed by atoms with van der Waals surface area (Å²) in [5.41, 5.74) is 2.44. The van der Waals surface area contributed by atoms with Crippen LogP contribution < -0.4 is 10.0 Å². The largest absolute Gasteiger partial charge is 0.356 e. The Kier molecular flexibility index (Phi) is 6.88. The lowest BCUT2D eigenvalue weighted by molar-refractivity contribution is -0.120. The van der Waals surface area contributed by atoms with Crippen LogP contribution in [0.4, 0.5) is 4.39 Å². The zero-order valence-electron chi connectivity index (χ0n) is 14.9. The van der Waals surface area contributed by atoms with E-state index < -0.39 is 10.0 Å². The Morgan fingerprint density at radius 1 is 1.08 bits per heavy atom. The van der Waals surface area contributed by atoms with Gasteiger partial charge in [-0.3, -0.25) is 4.79 Å². The molecular weight excluding hydrogens is 355 g/mol. The first-order valence-electron chi connectivity index (χ1n) is 8.36. The number of hydrogen-bond acceptors (Lipinski definition) is 3. The van der Waals surface area contributed by atoms with Crippen molar-refractivity contribution in [3.8, 4) is 0 Å². The minimum absolute atomic E-state index is 0.0153. The van der Waals surface area contributed by atoms with E-state index in [1.54, 1.807) is 37.3 Å². The Hall–Kier alpha value is -2.25. The van der Waals surface area contributed by atoms with Crippen LogP contribution in [0, 0.1) is 19.7 Å². The van der Waals surface area contributed by atoms with Crippen molar-refractivity contribution >= 4 is 15.9 Å². The van der Waals surface area contributed by atoms with Gasteiger partial charge < -0.3 is 5.32 Å². The highest BCUT2D eigenvalue weighted by molar-refractivity contribution is 7.89. The van der Waals surface area contributed by atoms with Gasteiger partial charge in [-0.1, -0.05) is 29.8 Å². The minimum atomic E-state index is -3.64. The van der Waals surface area contributed by atoms with Gasteiger partial charge in [0.25, 0.3) is 0 Å². The molecule has 0 atom stereocenters. The van der Waals surface area contributed by atoms with Crippen molar-refractivity contribution in [3.63, 3.8) is 0 Å². The fourth-order valence-electron chi connectivity index (χ4n) is 2.60. The molecular formula is C19H23FN2O3S. The molecule has 1 amide bonds. The van der Waals surface area contributed by atoms with Crippen LogP contribution in [-0.2, 0) is 21.2 Å². The first-order valence-corrected chi connectivity index (χ1v) is 9.84. The summed E-state index contributed by atoms with van der Waals surface area (Å²) in [5, 5.41) is 2.70. The Balaban J connectivity index is 1.77. The molecule has 0 fully saturated rings. The topological polar surface area (TPSA) is 75.3 Å². The van der Waals surface area contributed by atoms with E-state index in [-0.39, 0.29) is 29.6 Å². The molecule has 0 aliphatic rings. The Morgan fingerprint density at radius 3 is 2.54 bits per heavy atom. The highest BCUT2D eigenvalue weighted by Crippen LogP contribution is 2.16. The molecule has 0 aliphatic heterocycles. The average molecular weight is 378 g/mol. The normalized spacial score (nSPS) is 11.3. The third-order valence-corrected chi connectivity index (χ3v) is 5.51. The van der Waals surface area contributed by atoms with E-state index in [9.17, 15) is 17.6 Å². The number of aryl methyl sites for hydroxylation is 2. The molecule has 0 bridgehead atoms. The molecule has 140 valence electrons. The highest BCUT2D eigenvalue weighted by Gasteiger charge is 2.16. The van der Waals surface area contributed by atoms with E-state index in [4.69, 9.17) is 0 Å². The molecule has 7 heteroatoms. The smallest absolute Gasteiger partial charge is 0.240 e. The second kappa shape index (κ2) is 8.91. The summed E-state index contributed by atoms with van der Waals surface area (Å²) in [5.74, 6) is -0.570. The zero-order valence-corrected chi connectivity index (χ0v) is 15.7. The number of carbonyl (C=O) groups is 1. The molecule has 0 radical (unpaired) electrons. The van der Waals surface area contributed by atoms with Gasteiger partial charge in [-0.25, -0.2) is 17.5 Å². The van der Waals surface area contributed by atoms with Gasteiger partial charge in [0.15, 0.2) is 0 Å². The quantitative estimate of drug-likeness (QED) is 0.741. The maximum absolute atomic E-state index is 13.1. The first-order chi connectivity index (χ1) is 12.3. The van der Waals surface area contributed by atoms with Gasteiger partial charge in [-0.15, -0.1) is 0 Å². The third kappa shape index (κ3) is 5.93. The predicted octanol–water partition coefficient (Wildman–Crippen LogP) is 2.47. The molecule has 0 heterocycles. The molecule has 0 unspecified atom stereocenters. The van der Waals surface area contributed by atoms with E-state index >= 15 is 0 Å². The van der Waals surface area contributed by atoms with E-state index in [1.165, 1.54) is 12.1 Å². The summed E-state index contributed by atoms with van der Waals surface area (Å²) < 4.78 is 40.1. The lowest BCUT2D eigenvalue weighted by Crippen LogP contribution is -2.32. The summed E-state index contributed by atoms with van der Waals surface area (Å²) in [6, 6.07) is 11.3. The number of nitrogens with one attached hydrogen (secondary N) is 2. The van der Waals surface area contributed by atoms with Crippen LogP contribution in [0.15, 0.2) is 47.4 Å². The van der Waals surface area contributed by atoms with Crippen LogP contribution in [0.3, 0.4) is 0 Å². The van der Waals surface area contributed by atoms with Crippen LogP contribution in [0.5, 0.6) is 0 Å². The fourth-order valence-corrected chi connectivity index (χ4v) is 3.86. The van der Waals surface area contributed by atoms with Gasteiger partial charge in [0.1, 0.15) is 5.82 Å². The number of amides is 1. The minimum Gasteiger partial charge on any atom is -0.356 e. The number of carbonyl (C=O) groups excluding carboxylic acids is 1. The maximum atomic E-state index is 13.1. The van der Waals surface area contributed by atoms with E-state index in [0.29, 0.717) is 18.5 Å². The molecule has 2 aromatic carbocycles. The van der Waals surface area contributed by atoms with Crippen LogP contribution in [0.1, 0.15) is 23.1 Å². The van der Waals surface area contributed by atoms with Gasteiger partial charge in [0.2, 0.25) is 15.9 Å². The zero-order chi connectivity index (χ0) is 19.2. The van der Waals surface area contributed by atoms with E-state index in [1.807, 2.05) is 6.92 Å². The van der Waals surface area contributed by atoms with Gasteiger partial charge >= 0.3 is 0 Å². The molecule has 2 rings (SSSR count). The number of benzene rings is 2. The van der Waals surface area contributed by atoms with Crippen molar-refractivity contribution in [2.45, 2.75) is 31.6 Å². The standard InChI is InChI=1S/C19H23FN2O3S/c1-14-6-7-18(15(2)12-14)26(24,25)22-11-9-19(23)21-10-8-16-4-3-5-17(20)13-16/h3-7,12-13,22H,8-11H2,1-2H3,(H,21,23). The number of halogens is 1. The molecule has 0 aromatic heterocycles. The van der Waals surface area contributed by atoms with Crippen molar-refractivity contribution in [2.75, 3.05) is 13.1 Å². The van der Waals surface area contributed by atoms with Crippen molar-refractivity contribution < 1.29 is 17.6 Å². The second-order valence-corrected chi connectivity index (χ2v) is 7.88. The van der Waals surface area contributed by atoms with E-state index in [0.717, 1.165) is 11.1 Å². The summed E-state index contributed by atoms with van der Waals surface area (Å²) in [4.78, 5) is 12.0. The number of sulfonamides is 1. The summed E-state index contributed by atoms with van der Waals surface area (Å²) in [6.45, 7) is 4.01. The molecule has 0 saturated carbocycles. The molecule has 0 saturated heterocycles. The second-order valence-electron chi connectivity index (χ2n) is 6.15. The molecule has 0 aliphatic carbocycles. The lowest BCUT2D eigenvalue weighted by Gasteiger charge is -2.10. The number of hydrogen-bond donors (Lipinski definition) is 2. The van der Waals surface area contributed by atoms with Crippen LogP contribution in [-0.4, -0.2) is 27.4 Å². The molecule has 2 aromatic rings. The van der Waals surface area contributed by atoms with Crippen LogP contribution in [0.2, 0.25) is 0 Å². The monoisotopic (exact) mass is 378 g/mol. The van der Waals surface area contributed by atoms with Crippen LogP contribution >= 0.6 is 0 Å². The summed E-state index contributed by atoms with van der Waals surface area (Å²) in [6.07, 6.45) is 0.547. The predicted molar refractivity (Wildman–Crippen MR) is 98.8 cm³/mol. The third-order valence-electron chi connectivity index (χ3n) is 3.89. The lowest BCUT2D eigenvalue weighted by atomic mass is 10.1. The van der Waals surface area contributed by atoms with Crippen molar-refractivity contribution in [1.29, 1.82) is 0 Å². The van der Waals surface area contributed by atoms with Crippen molar-refractivity contribution in [2.24, 2.45) is 0 Å². The average Bonchev–Trinajstić information content (AvgIpc) is 2.54. The Bertz CT molecular complexity index is 882. The van der Waals surface area contributed by atoms with Gasteiger partial charge in [0, 0.05) is 19.5 Å². The first kappa shape index (κ1) is 20.1. The van der Waals surface area contributed by atoms with Crippen LogP contribution in [0.25, 0.3) is 0 Å².